The number of piperazine rings is 1. The van der Waals surface area contributed by atoms with Gasteiger partial charge < -0.3 is 20.4 Å². The fraction of sp³-hybridized carbons (Fsp3) is 0.500. The van der Waals surface area contributed by atoms with Crippen molar-refractivity contribution in [3.63, 3.8) is 0 Å². The van der Waals surface area contributed by atoms with Gasteiger partial charge in [-0.15, -0.1) is 0 Å². The summed E-state index contributed by atoms with van der Waals surface area (Å²) in [4.78, 5) is 38.6. The molecule has 174 valence electrons. The van der Waals surface area contributed by atoms with Gasteiger partial charge in [0.25, 0.3) is 0 Å². The molecule has 0 unspecified atom stereocenters. The second-order valence-electron chi connectivity index (χ2n) is 9.38. The van der Waals surface area contributed by atoms with Gasteiger partial charge in [0.1, 0.15) is 18.0 Å². The van der Waals surface area contributed by atoms with E-state index in [0.29, 0.717) is 49.6 Å². The lowest BCUT2D eigenvalue weighted by Gasteiger charge is -2.38. The number of aromatic nitrogens is 2. The zero-order chi connectivity index (χ0) is 23.1. The van der Waals surface area contributed by atoms with E-state index in [-0.39, 0.29) is 29.6 Å². The molecular formula is C24H29ClN6O2. The highest BCUT2D eigenvalue weighted by Gasteiger charge is 2.51. The predicted octanol–water partition coefficient (Wildman–Crippen LogP) is 2.62. The summed E-state index contributed by atoms with van der Waals surface area (Å²) in [7, 11) is 0. The average molecular weight is 469 g/mol. The maximum Gasteiger partial charge on any atom is 0.231 e. The number of fused-ring (bicyclic) bond motifs is 3. The van der Waals surface area contributed by atoms with Gasteiger partial charge in [-0.1, -0.05) is 37.6 Å². The van der Waals surface area contributed by atoms with Gasteiger partial charge in [-0.3, -0.25) is 9.59 Å². The van der Waals surface area contributed by atoms with Crippen molar-refractivity contribution in [3.05, 3.63) is 46.7 Å². The third-order valence-electron chi connectivity index (χ3n) is 6.79. The lowest BCUT2D eigenvalue weighted by molar-refractivity contribution is -0.133. The van der Waals surface area contributed by atoms with Crippen LogP contribution < -0.4 is 15.5 Å². The van der Waals surface area contributed by atoms with Crippen LogP contribution >= 0.6 is 11.6 Å². The first-order valence-electron chi connectivity index (χ1n) is 11.6. The molecule has 9 heteroatoms. The van der Waals surface area contributed by atoms with Gasteiger partial charge in [-0.2, -0.15) is 0 Å². The van der Waals surface area contributed by atoms with E-state index in [1.807, 2.05) is 29.2 Å². The molecule has 2 amide bonds. The molecule has 3 aliphatic rings. The molecule has 0 bridgehead atoms. The standard InChI is InChI=1S/C24H29ClN6O2/c1-14(2)26-12-19(15-3-5-16(25)6-4-15)24(33)31-9-7-30(8-10-31)22-20-17-11-18(17)23(32)29-21(20)27-13-28-22/h3-6,13-14,17-19,26H,7-12H2,1-2H3,(H,27,28,29,32)/t17-,18+,19-/m1/s1. The third-order valence-corrected chi connectivity index (χ3v) is 7.05. The number of nitrogens with one attached hydrogen (secondary N) is 2. The molecule has 1 aliphatic carbocycles. The smallest absolute Gasteiger partial charge is 0.231 e. The molecule has 0 radical (unpaired) electrons. The van der Waals surface area contributed by atoms with Gasteiger partial charge in [0.15, 0.2) is 0 Å². The lowest BCUT2D eigenvalue weighted by Crippen LogP contribution is -2.51. The minimum atomic E-state index is -0.259. The van der Waals surface area contributed by atoms with Gasteiger partial charge >= 0.3 is 0 Å². The molecule has 1 aromatic heterocycles. The second-order valence-corrected chi connectivity index (χ2v) is 9.81. The highest BCUT2D eigenvalue weighted by molar-refractivity contribution is 6.30. The highest BCUT2D eigenvalue weighted by Crippen LogP contribution is 2.55. The van der Waals surface area contributed by atoms with Crippen molar-refractivity contribution in [2.45, 2.75) is 38.1 Å². The second kappa shape index (κ2) is 8.91. The lowest BCUT2D eigenvalue weighted by atomic mass is 9.96. The Morgan fingerprint density at radius 1 is 1.15 bits per heavy atom. The number of carbonyl (C=O) groups is 2. The van der Waals surface area contributed by atoms with Crippen molar-refractivity contribution in [2.24, 2.45) is 5.92 Å². The van der Waals surface area contributed by atoms with E-state index >= 15 is 0 Å². The van der Waals surface area contributed by atoms with E-state index in [2.05, 4.69) is 39.3 Å². The molecular weight excluding hydrogens is 440 g/mol. The fourth-order valence-corrected chi connectivity index (χ4v) is 4.97. The number of hydrogen-bond donors (Lipinski definition) is 2. The summed E-state index contributed by atoms with van der Waals surface area (Å²) in [6.07, 6.45) is 2.38. The summed E-state index contributed by atoms with van der Waals surface area (Å²) < 4.78 is 0. The summed E-state index contributed by atoms with van der Waals surface area (Å²) in [5, 5.41) is 7.00. The number of carbonyl (C=O) groups excluding carboxylic acids is 2. The predicted molar refractivity (Wildman–Crippen MR) is 128 cm³/mol. The van der Waals surface area contributed by atoms with Gasteiger partial charge in [0.05, 0.1) is 5.92 Å². The van der Waals surface area contributed by atoms with Crippen LogP contribution in [0.2, 0.25) is 5.02 Å². The van der Waals surface area contributed by atoms with Crippen LogP contribution in [0.3, 0.4) is 0 Å². The van der Waals surface area contributed by atoms with Gasteiger partial charge in [-0.25, -0.2) is 9.97 Å². The van der Waals surface area contributed by atoms with E-state index in [9.17, 15) is 9.59 Å². The van der Waals surface area contributed by atoms with E-state index in [0.717, 1.165) is 23.4 Å². The molecule has 2 N–H and O–H groups in total. The fourth-order valence-electron chi connectivity index (χ4n) is 4.85. The molecule has 5 rings (SSSR count). The first-order valence-corrected chi connectivity index (χ1v) is 12.0. The largest absolute Gasteiger partial charge is 0.353 e. The Morgan fingerprint density at radius 3 is 2.58 bits per heavy atom. The summed E-state index contributed by atoms with van der Waals surface area (Å²) >= 11 is 6.07. The van der Waals surface area contributed by atoms with Crippen LogP contribution in [0.25, 0.3) is 0 Å². The van der Waals surface area contributed by atoms with Crippen molar-refractivity contribution in [2.75, 3.05) is 42.9 Å². The average Bonchev–Trinajstić information content (AvgIpc) is 3.62. The van der Waals surface area contributed by atoms with Crippen LogP contribution in [0.1, 0.15) is 43.2 Å². The number of nitrogens with zero attached hydrogens (tertiary/aromatic N) is 4. The Morgan fingerprint density at radius 2 is 1.88 bits per heavy atom. The van der Waals surface area contributed by atoms with Crippen molar-refractivity contribution in [1.29, 1.82) is 0 Å². The van der Waals surface area contributed by atoms with E-state index < -0.39 is 0 Å². The first-order chi connectivity index (χ1) is 15.9. The summed E-state index contributed by atoms with van der Waals surface area (Å²) in [5.41, 5.74) is 2.03. The summed E-state index contributed by atoms with van der Waals surface area (Å²) in [6, 6.07) is 7.85. The number of rotatable bonds is 6. The molecule has 33 heavy (non-hydrogen) atoms. The maximum absolute atomic E-state index is 13.5. The van der Waals surface area contributed by atoms with Crippen molar-refractivity contribution >= 4 is 35.1 Å². The topological polar surface area (TPSA) is 90.5 Å². The number of amides is 2. The molecule has 2 fully saturated rings. The highest BCUT2D eigenvalue weighted by atomic mass is 35.5. The van der Waals surface area contributed by atoms with Crippen molar-refractivity contribution in [1.82, 2.24) is 20.2 Å². The molecule has 1 saturated heterocycles. The van der Waals surface area contributed by atoms with Gasteiger partial charge in [0.2, 0.25) is 11.8 Å². The van der Waals surface area contributed by atoms with E-state index in [1.54, 1.807) is 0 Å². The molecule has 8 nitrogen and oxygen atoms in total. The zero-order valence-electron chi connectivity index (χ0n) is 18.9. The van der Waals surface area contributed by atoms with Crippen molar-refractivity contribution < 1.29 is 9.59 Å². The SMILES string of the molecule is CC(C)NC[C@@H](C(=O)N1CCN(c2ncnc3c2[C@@H]2C[C@@H]2C(=O)N3)CC1)c1ccc(Cl)cc1. The number of benzene rings is 1. The number of hydrogen-bond acceptors (Lipinski definition) is 6. The third kappa shape index (κ3) is 4.42. The first kappa shape index (κ1) is 22.1. The Hall–Kier alpha value is -2.71. The molecule has 0 spiro atoms. The minimum absolute atomic E-state index is 0.0544. The Labute approximate surface area is 198 Å². The summed E-state index contributed by atoms with van der Waals surface area (Å²) in [5.74, 6) is 1.76. The van der Waals surface area contributed by atoms with Crippen LogP contribution in [-0.2, 0) is 9.59 Å². The monoisotopic (exact) mass is 468 g/mol. The van der Waals surface area contributed by atoms with Crippen LogP contribution in [0, 0.1) is 5.92 Å². The quantitative estimate of drug-likeness (QED) is 0.677. The Balaban J connectivity index is 1.29. The van der Waals surface area contributed by atoms with Crippen LogP contribution in [0.15, 0.2) is 30.6 Å². The zero-order valence-corrected chi connectivity index (χ0v) is 19.7. The van der Waals surface area contributed by atoms with E-state index in [4.69, 9.17) is 11.6 Å². The van der Waals surface area contributed by atoms with E-state index in [1.165, 1.54) is 6.33 Å². The Bertz CT molecular complexity index is 1050. The van der Waals surface area contributed by atoms with Crippen LogP contribution in [-0.4, -0.2) is 65.4 Å². The minimum Gasteiger partial charge on any atom is -0.353 e. The molecule has 3 heterocycles. The van der Waals surface area contributed by atoms with Crippen molar-refractivity contribution in [3.8, 4) is 0 Å². The summed E-state index contributed by atoms with van der Waals surface area (Å²) in [6.45, 7) is 7.40. The number of anilines is 2. The van der Waals surface area contributed by atoms with Crippen LogP contribution in [0.4, 0.5) is 11.6 Å². The maximum atomic E-state index is 13.5. The molecule has 2 aliphatic heterocycles. The molecule has 1 saturated carbocycles. The Kier molecular flexibility index (Phi) is 5.97. The van der Waals surface area contributed by atoms with Gasteiger partial charge in [0, 0.05) is 61.2 Å². The normalized spacial score (nSPS) is 22.5. The molecule has 3 atom stereocenters. The number of halogens is 1. The van der Waals surface area contributed by atoms with Crippen LogP contribution in [0.5, 0.6) is 0 Å². The molecule has 1 aromatic carbocycles. The molecule has 2 aromatic rings. The van der Waals surface area contributed by atoms with Gasteiger partial charge in [-0.05, 0) is 24.1 Å².